The van der Waals surface area contributed by atoms with Gasteiger partial charge in [-0.05, 0) is 49.4 Å². The summed E-state index contributed by atoms with van der Waals surface area (Å²) >= 11 is 1.39. The van der Waals surface area contributed by atoms with Crippen molar-refractivity contribution >= 4 is 38.9 Å². The molecule has 2 heterocycles. The molecule has 25 heavy (non-hydrogen) atoms. The summed E-state index contributed by atoms with van der Waals surface area (Å²) in [6, 6.07) is 11.1. The number of nitrogens with one attached hydrogen (secondary N) is 2. The van der Waals surface area contributed by atoms with Gasteiger partial charge in [-0.3, -0.25) is 4.79 Å². The number of hydrogen-bond acceptors (Lipinski definition) is 6. The van der Waals surface area contributed by atoms with Crippen LogP contribution in [-0.2, 0) is 10.0 Å². The van der Waals surface area contributed by atoms with Gasteiger partial charge in [0.2, 0.25) is 5.95 Å². The summed E-state index contributed by atoms with van der Waals surface area (Å²) in [5.74, 6) is -0.238. The van der Waals surface area contributed by atoms with Crippen molar-refractivity contribution in [1.29, 1.82) is 0 Å². The standard InChI is InChI=1S/C16H14N4O3S2/c1-11-3-8-14(24-11)15(21)19-12-4-6-13(7-5-12)25(22,23)20-16-17-9-2-10-18-16/h2-10H,1H3,(H,19,21)(H,17,18,20). The van der Waals surface area contributed by atoms with E-state index in [0.717, 1.165) is 4.88 Å². The van der Waals surface area contributed by atoms with Crippen LogP contribution in [0.3, 0.4) is 0 Å². The minimum Gasteiger partial charge on any atom is -0.321 e. The van der Waals surface area contributed by atoms with Crippen LogP contribution in [0.25, 0.3) is 0 Å². The number of amides is 1. The number of anilines is 2. The fraction of sp³-hybridized carbons (Fsp3) is 0.0625. The molecule has 128 valence electrons. The van der Waals surface area contributed by atoms with E-state index in [1.54, 1.807) is 12.1 Å². The van der Waals surface area contributed by atoms with Gasteiger partial charge in [-0.25, -0.2) is 23.1 Å². The molecular weight excluding hydrogens is 360 g/mol. The molecule has 0 saturated carbocycles. The summed E-state index contributed by atoms with van der Waals surface area (Å²) in [6.45, 7) is 1.92. The van der Waals surface area contributed by atoms with Crippen molar-refractivity contribution in [3.8, 4) is 0 Å². The van der Waals surface area contributed by atoms with Crippen LogP contribution in [0, 0.1) is 6.92 Å². The predicted octanol–water partition coefficient (Wildman–Crippen LogP) is 2.90. The van der Waals surface area contributed by atoms with Crippen LogP contribution in [0.1, 0.15) is 14.5 Å². The molecule has 0 fully saturated rings. The third-order valence-electron chi connectivity index (χ3n) is 3.18. The molecule has 0 aliphatic carbocycles. The Balaban J connectivity index is 1.72. The molecule has 9 heteroatoms. The smallest absolute Gasteiger partial charge is 0.265 e. The number of carbonyl (C=O) groups is 1. The number of aryl methyl sites for hydroxylation is 1. The zero-order chi connectivity index (χ0) is 17.9. The lowest BCUT2D eigenvalue weighted by molar-refractivity contribution is 0.103. The first-order valence-corrected chi connectivity index (χ1v) is 9.52. The lowest BCUT2D eigenvalue weighted by atomic mass is 10.3. The highest BCUT2D eigenvalue weighted by Gasteiger charge is 2.16. The highest BCUT2D eigenvalue weighted by Crippen LogP contribution is 2.19. The maximum absolute atomic E-state index is 12.3. The summed E-state index contributed by atoms with van der Waals surface area (Å²) in [7, 11) is -3.79. The Kier molecular flexibility index (Phi) is 4.77. The predicted molar refractivity (Wildman–Crippen MR) is 96.3 cm³/mol. The van der Waals surface area contributed by atoms with E-state index in [9.17, 15) is 13.2 Å². The van der Waals surface area contributed by atoms with Gasteiger partial charge in [0.05, 0.1) is 9.77 Å². The summed E-state index contributed by atoms with van der Waals surface area (Å²) in [5, 5.41) is 2.73. The molecule has 0 saturated heterocycles. The summed E-state index contributed by atoms with van der Waals surface area (Å²) in [4.78, 5) is 21.4. The highest BCUT2D eigenvalue weighted by atomic mass is 32.2. The second-order valence-corrected chi connectivity index (χ2v) is 8.04. The lowest BCUT2D eigenvalue weighted by Gasteiger charge is -2.08. The average Bonchev–Trinajstić information content (AvgIpc) is 3.02. The fourth-order valence-corrected chi connectivity index (χ4v) is 3.72. The van der Waals surface area contributed by atoms with Crippen molar-refractivity contribution < 1.29 is 13.2 Å². The van der Waals surface area contributed by atoms with E-state index < -0.39 is 10.0 Å². The Bertz CT molecular complexity index is 984. The van der Waals surface area contributed by atoms with Gasteiger partial charge >= 0.3 is 0 Å². The van der Waals surface area contributed by atoms with Crippen LogP contribution >= 0.6 is 11.3 Å². The number of sulfonamides is 1. The molecule has 0 spiro atoms. The number of benzene rings is 1. The van der Waals surface area contributed by atoms with Gasteiger partial charge in [0.25, 0.3) is 15.9 Å². The zero-order valence-corrected chi connectivity index (χ0v) is 14.8. The van der Waals surface area contributed by atoms with E-state index in [0.29, 0.717) is 10.6 Å². The van der Waals surface area contributed by atoms with Crippen molar-refractivity contribution in [3.63, 3.8) is 0 Å². The number of carbonyl (C=O) groups excluding carboxylic acids is 1. The largest absolute Gasteiger partial charge is 0.321 e. The van der Waals surface area contributed by atoms with E-state index in [1.165, 1.54) is 48.0 Å². The molecule has 0 aliphatic rings. The van der Waals surface area contributed by atoms with Crippen LogP contribution in [0.2, 0.25) is 0 Å². The van der Waals surface area contributed by atoms with Crippen LogP contribution in [0.5, 0.6) is 0 Å². The van der Waals surface area contributed by atoms with Crippen molar-refractivity contribution in [2.75, 3.05) is 10.0 Å². The van der Waals surface area contributed by atoms with Crippen molar-refractivity contribution in [2.24, 2.45) is 0 Å². The van der Waals surface area contributed by atoms with Crippen molar-refractivity contribution in [2.45, 2.75) is 11.8 Å². The second-order valence-electron chi connectivity index (χ2n) is 5.07. The minimum absolute atomic E-state index is 0.00653. The Hall–Kier alpha value is -2.78. The molecule has 0 aliphatic heterocycles. The molecule has 3 rings (SSSR count). The molecule has 0 unspecified atom stereocenters. The normalized spacial score (nSPS) is 11.1. The van der Waals surface area contributed by atoms with Gasteiger partial charge in [-0.15, -0.1) is 11.3 Å². The first-order valence-electron chi connectivity index (χ1n) is 7.22. The minimum atomic E-state index is -3.79. The first kappa shape index (κ1) is 17.1. The Morgan fingerprint density at radius 1 is 1.04 bits per heavy atom. The third-order valence-corrected chi connectivity index (χ3v) is 5.52. The fourth-order valence-electron chi connectivity index (χ4n) is 2.00. The van der Waals surface area contributed by atoms with Crippen LogP contribution in [0.4, 0.5) is 11.6 Å². The average molecular weight is 374 g/mol. The van der Waals surface area contributed by atoms with Crippen LogP contribution in [-0.4, -0.2) is 24.3 Å². The van der Waals surface area contributed by atoms with Gasteiger partial charge < -0.3 is 5.32 Å². The van der Waals surface area contributed by atoms with Crippen molar-refractivity contribution in [1.82, 2.24) is 9.97 Å². The molecule has 7 nitrogen and oxygen atoms in total. The Morgan fingerprint density at radius 3 is 2.32 bits per heavy atom. The summed E-state index contributed by atoms with van der Waals surface area (Å²) < 4.78 is 26.9. The van der Waals surface area contributed by atoms with Gasteiger partial charge in [-0.1, -0.05) is 0 Å². The quantitative estimate of drug-likeness (QED) is 0.715. The molecule has 0 bridgehead atoms. The monoisotopic (exact) mass is 374 g/mol. The number of nitrogens with zero attached hydrogens (tertiary/aromatic N) is 2. The SMILES string of the molecule is Cc1ccc(C(=O)Nc2ccc(S(=O)(=O)Nc3ncccn3)cc2)s1. The summed E-state index contributed by atoms with van der Waals surface area (Å²) in [5.41, 5.74) is 0.506. The van der Waals surface area contributed by atoms with Gasteiger partial charge in [-0.2, -0.15) is 0 Å². The number of thiophene rings is 1. The van der Waals surface area contributed by atoms with Crippen LogP contribution < -0.4 is 10.0 Å². The zero-order valence-electron chi connectivity index (χ0n) is 13.1. The molecule has 2 N–H and O–H groups in total. The van der Waals surface area contributed by atoms with Gasteiger partial charge in [0, 0.05) is 23.0 Å². The summed E-state index contributed by atoms with van der Waals surface area (Å²) in [6.07, 6.45) is 2.88. The van der Waals surface area contributed by atoms with E-state index in [1.807, 2.05) is 13.0 Å². The second kappa shape index (κ2) is 6.99. The van der Waals surface area contributed by atoms with E-state index in [4.69, 9.17) is 0 Å². The lowest BCUT2D eigenvalue weighted by Crippen LogP contribution is -2.15. The Labute approximate surface area is 148 Å². The number of hydrogen-bond donors (Lipinski definition) is 2. The molecule has 2 aromatic heterocycles. The van der Waals surface area contributed by atoms with Crippen molar-refractivity contribution in [3.05, 3.63) is 64.6 Å². The molecule has 1 aromatic carbocycles. The third kappa shape index (κ3) is 4.20. The topological polar surface area (TPSA) is 101 Å². The van der Waals surface area contributed by atoms with E-state index in [-0.39, 0.29) is 16.8 Å². The number of aromatic nitrogens is 2. The molecule has 0 atom stereocenters. The molecule has 1 amide bonds. The first-order chi connectivity index (χ1) is 11.9. The van der Waals surface area contributed by atoms with E-state index >= 15 is 0 Å². The molecular formula is C16H14N4O3S2. The molecule has 0 radical (unpaired) electrons. The number of rotatable bonds is 5. The van der Waals surface area contributed by atoms with E-state index in [2.05, 4.69) is 20.0 Å². The molecule has 3 aromatic rings. The maximum Gasteiger partial charge on any atom is 0.265 e. The van der Waals surface area contributed by atoms with Gasteiger partial charge in [0.15, 0.2) is 0 Å². The van der Waals surface area contributed by atoms with Gasteiger partial charge in [0.1, 0.15) is 0 Å². The van der Waals surface area contributed by atoms with Crippen LogP contribution in [0.15, 0.2) is 59.8 Å². The maximum atomic E-state index is 12.3. The Morgan fingerprint density at radius 2 is 1.72 bits per heavy atom. The highest BCUT2D eigenvalue weighted by molar-refractivity contribution is 7.92.